The summed E-state index contributed by atoms with van der Waals surface area (Å²) < 4.78 is 0. The molecule has 1 aliphatic carbocycles. The van der Waals surface area contributed by atoms with Crippen molar-refractivity contribution in [1.29, 1.82) is 0 Å². The van der Waals surface area contributed by atoms with Crippen molar-refractivity contribution in [2.75, 3.05) is 24.7 Å². The van der Waals surface area contributed by atoms with Crippen LogP contribution in [-0.4, -0.2) is 35.7 Å². The molecule has 1 aromatic carbocycles. The second-order valence-corrected chi connectivity index (χ2v) is 7.16. The van der Waals surface area contributed by atoms with Crippen molar-refractivity contribution in [1.82, 2.24) is 5.32 Å². The molecule has 0 spiro atoms. The number of benzene rings is 1. The molecule has 3 nitrogen and oxygen atoms in total. The predicted octanol–water partition coefficient (Wildman–Crippen LogP) is 3.19. The molecule has 1 saturated carbocycles. The summed E-state index contributed by atoms with van der Waals surface area (Å²) in [6.45, 7) is 0.998. The van der Waals surface area contributed by atoms with Gasteiger partial charge in [0.15, 0.2) is 0 Å². The topological polar surface area (TPSA) is 49.3 Å². The van der Waals surface area contributed by atoms with Gasteiger partial charge in [0, 0.05) is 24.8 Å². The Morgan fingerprint density at radius 3 is 2.55 bits per heavy atom. The van der Waals surface area contributed by atoms with Crippen molar-refractivity contribution in [2.24, 2.45) is 5.92 Å². The Labute approximate surface area is 137 Å². The molecular formula is C18H27NO2S. The molecule has 122 valence electrons. The third kappa shape index (κ3) is 5.65. The highest BCUT2D eigenvalue weighted by Gasteiger charge is 2.26. The van der Waals surface area contributed by atoms with Crippen molar-refractivity contribution < 1.29 is 9.90 Å². The number of aliphatic hydroxyl groups is 1. The van der Waals surface area contributed by atoms with E-state index in [4.69, 9.17) is 5.11 Å². The van der Waals surface area contributed by atoms with Crippen molar-refractivity contribution in [3.05, 3.63) is 35.9 Å². The summed E-state index contributed by atoms with van der Waals surface area (Å²) in [5, 5.41) is 11.8. The number of hydrogen-bond acceptors (Lipinski definition) is 3. The van der Waals surface area contributed by atoms with Gasteiger partial charge in [-0.1, -0.05) is 30.3 Å². The first kappa shape index (κ1) is 17.4. The van der Waals surface area contributed by atoms with Crippen LogP contribution in [0.15, 0.2) is 30.3 Å². The minimum atomic E-state index is 0.197. The normalized spacial score (nSPS) is 21.5. The van der Waals surface area contributed by atoms with Crippen LogP contribution in [0.4, 0.5) is 0 Å². The summed E-state index contributed by atoms with van der Waals surface area (Å²) in [4.78, 5) is 12.2. The van der Waals surface area contributed by atoms with Crippen LogP contribution < -0.4 is 5.32 Å². The van der Waals surface area contributed by atoms with Crippen molar-refractivity contribution in [3.8, 4) is 0 Å². The Hall–Kier alpha value is -1.00. The quantitative estimate of drug-likeness (QED) is 0.723. The van der Waals surface area contributed by atoms with E-state index in [2.05, 4.69) is 35.6 Å². The SMILES string of the molecule is O=C(NCCSCCCO)C1CCC(c2ccccc2)CC1. The highest BCUT2D eigenvalue weighted by Crippen LogP contribution is 2.35. The lowest BCUT2D eigenvalue weighted by atomic mass is 9.78. The van der Waals surface area contributed by atoms with E-state index >= 15 is 0 Å². The summed E-state index contributed by atoms with van der Waals surface area (Å²) in [6.07, 6.45) is 5.08. The zero-order valence-electron chi connectivity index (χ0n) is 13.2. The first-order chi connectivity index (χ1) is 10.8. The van der Waals surface area contributed by atoms with E-state index in [-0.39, 0.29) is 18.4 Å². The Kier molecular flexibility index (Phi) is 7.81. The second kappa shape index (κ2) is 9.90. The van der Waals surface area contributed by atoms with E-state index in [1.807, 2.05) is 0 Å². The largest absolute Gasteiger partial charge is 0.396 e. The molecule has 0 saturated heterocycles. The summed E-state index contributed by atoms with van der Waals surface area (Å²) in [5.41, 5.74) is 1.42. The number of thioether (sulfide) groups is 1. The zero-order valence-corrected chi connectivity index (χ0v) is 14.0. The molecule has 1 aliphatic rings. The summed E-state index contributed by atoms with van der Waals surface area (Å²) >= 11 is 1.79. The third-order valence-electron chi connectivity index (χ3n) is 4.36. The molecule has 1 amide bonds. The molecule has 0 aliphatic heterocycles. The van der Waals surface area contributed by atoms with Crippen LogP contribution in [-0.2, 0) is 4.79 Å². The molecule has 0 bridgehead atoms. The standard InChI is InChI=1S/C18H27NO2S/c20-12-4-13-22-14-11-19-18(21)17-9-7-16(8-10-17)15-5-2-1-3-6-15/h1-3,5-6,16-17,20H,4,7-14H2,(H,19,21). The van der Waals surface area contributed by atoms with Crippen molar-refractivity contribution >= 4 is 17.7 Å². The lowest BCUT2D eigenvalue weighted by molar-refractivity contribution is -0.125. The molecule has 1 aromatic rings. The molecule has 0 aromatic heterocycles. The molecule has 0 unspecified atom stereocenters. The third-order valence-corrected chi connectivity index (χ3v) is 5.43. The molecule has 4 heteroatoms. The van der Waals surface area contributed by atoms with Gasteiger partial charge in [0.05, 0.1) is 0 Å². The van der Waals surface area contributed by atoms with Gasteiger partial charge in [0.25, 0.3) is 0 Å². The average Bonchev–Trinajstić information content (AvgIpc) is 2.59. The van der Waals surface area contributed by atoms with Crippen LogP contribution in [0.2, 0.25) is 0 Å². The van der Waals surface area contributed by atoms with Crippen molar-refractivity contribution in [3.63, 3.8) is 0 Å². The Morgan fingerprint density at radius 1 is 1.14 bits per heavy atom. The number of carbonyl (C=O) groups excluding carboxylic acids is 1. The Bertz CT molecular complexity index is 430. The summed E-state index contributed by atoms with van der Waals surface area (Å²) in [5.74, 6) is 2.95. The maximum Gasteiger partial charge on any atom is 0.223 e. The van der Waals surface area contributed by atoms with Crippen LogP contribution >= 0.6 is 11.8 Å². The average molecular weight is 321 g/mol. The molecule has 0 radical (unpaired) electrons. The minimum Gasteiger partial charge on any atom is -0.396 e. The highest BCUT2D eigenvalue weighted by atomic mass is 32.2. The number of carbonyl (C=O) groups is 1. The van der Waals surface area contributed by atoms with E-state index in [0.717, 1.165) is 50.2 Å². The fourth-order valence-electron chi connectivity index (χ4n) is 3.07. The molecule has 0 heterocycles. The lowest BCUT2D eigenvalue weighted by Crippen LogP contribution is -2.34. The van der Waals surface area contributed by atoms with Gasteiger partial charge in [0.1, 0.15) is 0 Å². The van der Waals surface area contributed by atoms with Gasteiger partial charge in [-0.2, -0.15) is 11.8 Å². The molecule has 2 rings (SSSR count). The van der Waals surface area contributed by atoms with Crippen LogP contribution in [0.25, 0.3) is 0 Å². The van der Waals surface area contributed by atoms with E-state index in [1.54, 1.807) is 11.8 Å². The number of amides is 1. The van der Waals surface area contributed by atoms with Gasteiger partial charge in [-0.05, 0) is 49.3 Å². The van der Waals surface area contributed by atoms with E-state index < -0.39 is 0 Å². The van der Waals surface area contributed by atoms with Crippen LogP contribution in [0.1, 0.15) is 43.6 Å². The second-order valence-electron chi connectivity index (χ2n) is 5.94. The van der Waals surface area contributed by atoms with Gasteiger partial charge in [-0.25, -0.2) is 0 Å². The number of nitrogens with one attached hydrogen (secondary N) is 1. The molecule has 0 atom stereocenters. The van der Waals surface area contributed by atoms with Crippen LogP contribution in [0, 0.1) is 5.92 Å². The first-order valence-electron chi connectivity index (χ1n) is 8.32. The van der Waals surface area contributed by atoms with Gasteiger partial charge < -0.3 is 10.4 Å². The number of rotatable bonds is 8. The van der Waals surface area contributed by atoms with E-state index in [0.29, 0.717) is 5.92 Å². The number of aliphatic hydroxyl groups excluding tert-OH is 1. The Morgan fingerprint density at radius 2 is 1.86 bits per heavy atom. The fraction of sp³-hybridized carbons (Fsp3) is 0.611. The highest BCUT2D eigenvalue weighted by molar-refractivity contribution is 7.99. The lowest BCUT2D eigenvalue weighted by Gasteiger charge is -2.28. The molecule has 2 N–H and O–H groups in total. The molecular weight excluding hydrogens is 294 g/mol. The maximum absolute atomic E-state index is 12.2. The van der Waals surface area contributed by atoms with Crippen LogP contribution in [0.5, 0.6) is 0 Å². The fourth-order valence-corrected chi connectivity index (χ4v) is 3.86. The first-order valence-corrected chi connectivity index (χ1v) is 9.48. The van der Waals surface area contributed by atoms with Crippen molar-refractivity contribution in [2.45, 2.75) is 38.0 Å². The molecule has 1 fully saturated rings. The predicted molar refractivity (Wildman–Crippen MR) is 93.2 cm³/mol. The van der Waals surface area contributed by atoms with Gasteiger partial charge in [0.2, 0.25) is 5.91 Å². The van der Waals surface area contributed by atoms with Gasteiger partial charge in [-0.3, -0.25) is 4.79 Å². The summed E-state index contributed by atoms with van der Waals surface area (Å²) in [7, 11) is 0. The minimum absolute atomic E-state index is 0.197. The van der Waals surface area contributed by atoms with Gasteiger partial charge >= 0.3 is 0 Å². The van der Waals surface area contributed by atoms with E-state index in [9.17, 15) is 4.79 Å². The smallest absolute Gasteiger partial charge is 0.223 e. The summed E-state index contributed by atoms with van der Waals surface area (Å²) in [6, 6.07) is 10.7. The maximum atomic E-state index is 12.2. The monoisotopic (exact) mass is 321 g/mol. The van der Waals surface area contributed by atoms with Crippen LogP contribution in [0.3, 0.4) is 0 Å². The van der Waals surface area contributed by atoms with E-state index in [1.165, 1.54) is 5.56 Å². The Balaban J connectivity index is 1.63. The number of hydrogen-bond donors (Lipinski definition) is 2. The molecule has 22 heavy (non-hydrogen) atoms. The zero-order chi connectivity index (χ0) is 15.6. The van der Waals surface area contributed by atoms with Gasteiger partial charge in [-0.15, -0.1) is 0 Å².